The third-order valence-corrected chi connectivity index (χ3v) is 4.31. The van der Waals surface area contributed by atoms with Gasteiger partial charge < -0.3 is 15.1 Å². The quantitative estimate of drug-likeness (QED) is 0.830. The molecule has 0 unspecified atom stereocenters. The second-order valence-corrected chi connectivity index (χ2v) is 7.03. The zero-order chi connectivity index (χ0) is 18.6. The third kappa shape index (κ3) is 5.06. The molecule has 6 heteroatoms. The van der Waals surface area contributed by atoms with Crippen molar-refractivity contribution < 1.29 is 9.59 Å². The molecular weight excluding hydrogens is 382 g/mol. The number of halogens is 1. The first-order valence-electron chi connectivity index (χ1n) is 7.87. The summed E-state index contributed by atoms with van der Waals surface area (Å²) in [6.45, 7) is 1.91. The molecule has 0 saturated carbocycles. The lowest BCUT2D eigenvalue weighted by atomic mass is 10.1. The van der Waals surface area contributed by atoms with Crippen LogP contribution in [0, 0.1) is 6.92 Å². The molecule has 0 aliphatic heterocycles. The molecule has 0 atom stereocenters. The highest BCUT2D eigenvalue weighted by Gasteiger charge is 2.15. The average molecular weight is 404 g/mol. The van der Waals surface area contributed by atoms with Gasteiger partial charge in [-0.3, -0.25) is 9.59 Å². The van der Waals surface area contributed by atoms with Gasteiger partial charge in [-0.15, -0.1) is 0 Å². The summed E-state index contributed by atoms with van der Waals surface area (Å²) in [7, 11) is 5.50. The number of nitrogens with zero attached hydrogens (tertiary/aromatic N) is 2. The van der Waals surface area contributed by atoms with Crippen molar-refractivity contribution in [3.05, 3.63) is 58.1 Å². The number of carbonyl (C=O) groups is 2. The first-order chi connectivity index (χ1) is 11.8. The van der Waals surface area contributed by atoms with Gasteiger partial charge in [-0.2, -0.15) is 0 Å². The molecule has 0 aliphatic rings. The van der Waals surface area contributed by atoms with Crippen LogP contribution in [0.15, 0.2) is 46.9 Å². The van der Waals surface area contributed by atoms with E-state index in [1.165, 1.54) is 4.90 Å². The first kappa shape index (κ1) is 19.0. The van der Waals surface area contributed by atoms with Gasteiger partial charge >= 0.3 is 0 Å². The molecule has 0 bridgehead atoms. The number of hydrogen-bond donors (Lipinski definition) is 1. The maximum Gasteiger partial charge on any atom is 0.254 e. The van der Waals surface area contributed by atoms with Gasteiger partial charge in [0.25, 0.3) is 5.91 Å². The fraction of sp³-hybridized carbons (Fsp3) is 0.263. The number of carbonyl (C=O) groups excluding carboxylic acids is 2. The third-order valence-electron chi connectivity index (χ3n) is 3.82. The molecule has 1 N–H and O–H groups in total. The minimum atomic E-state index is -0.230. The van der Waals surface area contributed by atoms with Crippen LogP contribution in [0.4, 0.5) is 11.4 Å². The standard InChI is InChI=1S/C19H22BrN3O2/c1-13-11-15(20)7-10-17(13)21-18(24)12-23(4)19(25)14-5-8-16(9-6-14)22(2)3/h5-11H,12H2,1-4H3,(H,21,24). The molecule has 2 amide bonds. The van der Waals surface area contributed by atoms with E-state index < -0.39 is 0 Å². The Morgan fingerprint density at radius 2 is 1.68 bits per heavy atom. The van der Waals surface area contributed by atoms with E-state index in [2.05, 4.69) is 21.2 Å². The lowest BCUT2D eigenvalue weighted by molar-refractivity contribution is -0.116. The average Bonchev–Trinajstić information content (AvgIpc) is 2.56. The van der Waals surface area contributed by atoms with Gasteiger partial charge in [-0.25, -0.2) is 0 Å². The van der Waals surface area contributed by atoms with Gasteiger partial charge in [0.15, 0.2) is 0 Å². The fourth-order valence-corrected chi connectivity index (χ4v) is 2.84. The van der Waals surface area contributed by atoms with Crippen molar-refractivity contribution in [3.8, 4) is 0 Å². The minimum Gasteiger partial charge on any atom is -0.378 e. The predicted octanol–water partition coefficient (Wildman–Crippen LogP) is 3.53. The van der Waals surface area contributed by atoms with Crippen LogP contribution >= 0.6 is 15.9 Å². The number of anilines is 2. The van der Waals surface area contributed by atoms with Crippen molar-refractivity contribution >= 4 is 39.1 Å². The highest BCUT2D eigenvalue weighted by Crippen LogP contribution is 2.20. The number of benzene rings is 2. The Labute approximate surface area is 156 Å². The molecule has 0 radical (unpaired) electrons. The van der Waals surface area contributed by atoms with E-state index in [1.807, 2.05) is 56.3 Å². The fourth-order valence-electron chi connectivity index (χ4n) is 2.37. The number of amides is 2. The van der Waals surface area contributed by atoms with Crippen LogP contribution in [0.2, 0.25) is 0 Å². The Bertz CT molecular complexity index is 773. The van der Waals surface area contributed by atoms with E-state index in [0.717, 1.165) is 21.4 Å². The van der Waals surface area contributed by atoms with Gasteiger partial charge in [-0.1, -0.05) is 15.9 Å². The molecule has 2 aromatic rings. The first-order valence-corrected chi connectivity index (χ1v) is 8.66. The SMILES string of the molecule is Cc1cc(Br)ccc1NC(=O)CN(C)C(=O)c1ccc(N(C)C)cc1. The highest BCUT2D eigenvalue weighted by molar-refractivity contribution is 9.10. The maximum atomic E-state index is 12.5. The molecular formula is C19H22BrN3O2. The molecule has 0 aromatic heterocycles. The Hall–Kier alpha value is -2.34. The van der Waals surface area contributed by atoms with Crippen LogP contribution in [0.25, 0.3) is 0 Å². The molecule has 2 aromatic carbocycles. The van der Waals surface area contributed by atoms with Crippen LogP contribution in [-0.2, 0) is 4.79 Å². The summed E-state index contributed by atoms with van der Waals surface area (Å²) in [5, 5.41) is 2.84. The number of likely N-dealkylation sites (N-methyl/N-ethyl adjacent to an activating group) is 1. The van der Waals surface area contributed by atoms with Gasteiger partial charge in [0.1, 0.15) is 0 Å². The smallest absolute Gasteiger partial charge is 0.254 e. The monoisotopic (exact) mass is 403 g/mol. The number of nitrogens with one attached hydrogen (secondary N) is 1. The molecule has 0 fully saturated rings. The molecule has 132 valence electrons. The van der Waals surface area contributed by atoms with Crippen molar-refractivity contribution in [2.75, 3.05) is 37.9 Å². The summed E-state index contributed by atoms with van der Waals surface area (Å²) in [5.41, 5.74) is 3.27. The Morgan fingerprint density at radius 1 is 1.04 bits per heavy atom. The van der Waals surface area contributed by atoms with Gasteiger partial charge in [0.05, 0.1) is 6.54 Å². The summed E-state index contributed by atoms with van der Waals surface area (Å²) >= 11 is 3.39. The molecule has 0 saturated heterocycles. The summed E-state index contributed by atoms with van der Waals surface area (Å²) in [6.07, 6.45) is 0. The lowest BCUT2D eigenvalue weighted by Crippen LogP contribution is -2.35. The van der Waals surface area contributed by atoms with E-state index in [4.69, 9.17) is 0 Å². The van der Waals surface area contributed by atoms with Crippen molar-refractivity contribution in [2.45, 2.75) is 6.92 Å². The van der Waals surface area contributed by atoms with Gasteiger partial charge in [-0.05, 0) is 55.0 Å². The van der Waals surface area contributed by atoms with Crippen molar-refractivity contribution in [2.24, 2.45) is 0 Å². The molecule has 0 heterocycles. The maximum absolute atomic E-state index is 12.5. The van der Waals surface area contributed by atoms with E-state index in [0.29, 0.717) is 5.56 Å². The van der Waals surface area contributed by atoms with Crippen LogP contribution in [0.3, 0.4) is 0 Å². The molecule has 2 rings (SSSR count). The Balaban J connectivity index is 1.99. The largest absolute Gasteiger partial charge is 0.378 e. The Morgan fingerprint density at radius 3 is 2.24 bits per heavy atom. The van der Waals surface area contributed by atoms with Gasteiger partial charge in [0.2, 0.25) is 5.91 Å². The van der Waals surface area contributed by atoms with Crippen molar-refractivity contribution in [1.82, 2.24) is 4.90 Å². The Kier molecular flexibility index (Phi) is 6.20. The molecule has 5 nitrogen and oxygen atoms in total. The predicted molar refractivity (Wildman–Crippen MR) is 105 cm³/mol. The molecule has 0 aliphatic carbocycles. The lowest BCUT2D eigenvalue weighted by Gasteiger charge is -2.18. The van der Waals surface area contributed by atoms with E-state index in [-0.39, 0.29) is 18.4 Å². The zero-order valence-electron chi connectivity index (χ0n) is 14.8. The van der Waals surface area contributed by atoms with Crippen LogP contribution in [-0.4, -0.2) is 44.4 Å². The van der Waals surface area contributed by atoms with E-state index >= 15 is 0 Å². The normalized spacial score (nSPS) is 10.3. The molecule has 25 heavy (non-hydrogen) atoms. The second-order valence-electron chi connectivity index (χ2n) is 6.11. The summed E-state index contributed by atoms with van der Waals surface area (Å²) in [4.78, 5) is 28.0. The minimum absolute atomic E-state index is 0.0101. The van der Waals surface area contributed by atoms with Crippen LogP contribution < -0.4 is 10.2 Å². The van der Waals surface area contributed by atoms with Crippen molar-refractivity contribution in [3.63, 3.8) is 0 Å². The van der Waals surface area contributed by atoms with Crippen LogP contribution in [0.5, 0.6) is 0 Å². The summed E-state index contributed by atoms with van der Waals surface area (Å²) in [6, 6.07) is 12.9. The topological polar surface area (TPSA) is 52.7 Å². The summed E-state index contributed by atoms with van der Waals surface area (Å²) < 4.78 is 0.955. The van der Waals surface area contributed by atoms with Crippen molar-refractivity contribution in [1.29, 1.82) is 0 Å². The summed E-state index contributed by atoms with van der Waals surface area (Å²) in [5.74, 6) is -0.417. The van der Waals surface area contributed by atoms with Gasteiger partial charge in [0, 0.05) is 42.6 Å². The molecule has 0 spiro atoms. The number of rotatable bonds is 5. The second kappa shape index (κ2) is 8.16. The zero-order valence-corrected chi connectivity index (χ0v) is 16.4. The van der Waals surface area contributed by atoms with Crippen LogP contribution in [0.1, 0.15) is 15.9 Å². The van der Waals surface area contributed by atoms with E-state index in [1.54, 1.807) is 19.2 Å². The number of hydrogen-bond acceptors (Lipinski definition) is 3. The highest BCUT2D eigenvalue weighted by atomic mass is 79.9. The van der Waals surface area contributed by atoms with E-state index in [9.17, 15) is 9.59 Å². The number of aryl methyl sites for hydroxylation is 1.